The van der Waals surface area contributed by atoms with E-state index in [4.69, 9.17) is 12.2 Å². The third kappa shape index (κ3) is 5.50. The van der Waals surface area contributed by atoms with Gasteiger partial charge in [-0.2, -0.15) is 0 Å². The molecule has 0 spiro atoms. The molecule has 2 aromatic rings. The second-order valence-corrected chi connectivity index (χ2v) is 7.13. The monoisotopic (exact) mass is 481 g/mol. The van der Waals surface area contributed by atoms with Gasteiger partial charge < -0.3 is 10.2 Å². The summed E-state index contributed by atoms with van der Waals surface area (Å²) >= 11 is 7.36. The van der Waals surface area contributed by atoms with Crippen molar-refractivity contribution in [2.75, 3.05) is 18.4 Å². The summed E-state index contributed by atoms with van der Waals surface area (Å²) in [4.78, 5) is 26.4. The van der Waals surface area contributed by atoms with Gasteiger partial charge in [0.1, 0.15) is 0 Å². The van der Waals surface area contributed by atoms with E-state index in [1.54, 1.807) is 41.3 Å². The summed E-state index contributed by atoms with van der Waals surface area (Å²) in [6, 6.07) is 14.3. The lowest BCUT2D eigenvalue weighted by molar-refractivity contribution is 0.0772. The Hall–Kier alpha value is -2.00. The molecule has 0 aliphatic carbocycles. The van der Waals surface area contributed by atoms with E-state index in [1.807, 2.05) is 26.0 Å². The summed E-state index contributed by atoms with van der Waals surface area (Å²) in [5.41, 5.74) is 1.76. The van der Waals surface area contributed by atoms with Crippen LogP contribution in [0.1, 0.15) is 34.6 Å². The van der Waals surface area contributed by atoms with Crippen LogP contribution in [0.2, 0.25) is 0 Å². The van der Waals surface area contributed by atoms with Crippen molar-refractivity contribution >= 4 is 57.4 Å². The van der Waals surface area contributed by atoms with Crippen LogP contribution in [-0.2, 0) is 0 Å². The van der Waals surface area contributed by atoms with Gasteiger partial charge in [0.2, 0.25) is 0 Å². The van der Waals surface area contributed by atoms with Crippen molar-refractivity contribution in [2.45, 2.75) is 13.8 Å². The standard InChI is InChI=1S/C19H20IN3O2S/c1-3-23(4-2)18(25)14-8-6-10-16(12-14)21-19(26)22-17(24)13-7-5-9-15(20)11-13/h5-12H,3-4H2,1-2H3,(H2,21,22,24,26). The number of hydrogen-bond acceptors (Lipinski definition) is 3. The van der Waals surface area contributed by atoms with E-state index in [9.17, 15) is 9.59 Å². The smallest absolute Gasteiger partial charge is 0.257 e. The molecule has 0 bridgehead atoms. The third-order valence-electron chi connectivity index (χ3n) is 3.73. The third-order valence-corrected chi connectivity index (χ3v) is 4.61. The number of halogens is 1. The minimum absolute atomic E-state index is 0.0348. The van der Waals surface area contributed by atoms with Crippen molar-refractivity contribution in [2.24, 2.45) is 0 Å². The number of amides is 2. The number of carbonyl (C=O) groups excluding carboxylic acids is 2. The quantitative estimate of drug-likeness (QED) is 0.503. The largest absolute Gasteiger partial charge is 0.339 e. The Morgan fingerprint density at radius 2 is 1.69 bits per heavy atom. The van der Waals surface area contributed by atoms with Crippen LogP contribution < -0.4 is 10.6 Å². The van der Waals surface area contributed by atoms with Crippen LogP contribution in [0, 0.1) is 3.57 Å². The predicted octanol–water partition coefficient (Wildman–Crippen LogP) is 3.90. The normalized spacial score (nSPS) is 10.1. The lowest BCUT2D eigenvalue weighted by atomic mass is 10.1. The van der Waals surface area contributed by atoms with Crippen LogP contribution in [0.15, 0.2) is 48.5 Å². The second kappa shape index (κ2) is 9.63. The lowest BCUT2D eigenvalue weighted by Gasteiger charge is -2.19. The summed E-state index contributed by atoms with van der Waals surface area (Å²) in [5.74, 6) is -0.316. The number of rotatable bonds is 5. The Bertz CT molecular complexity index is 822. The molecule has 2 aromatic carbocycles. The average Bonchev–Trinajstić information content (AvgIpc) is 2.62. The molecular formula is C19H20IN3O2S. The number of anilines is 1. The predicted molar refractivity (Wildman–Crippen MR) is 117 cm³/mol. The van der Waals surface area contributed by atoms with Crippen LogP contribution in [0.5, 0.6) is 0 Å². The van der Waals surface area contributed by atoms with Gasteiger partial charge in [-0.25, -0.2) is 0 Å². The molecule has 0 fully saturated rings. The maximum Gasteiger partial charge on any atom is 0.257 e. The molecule has 7 heteroatoms. The van der Waals surface area contributed by atoms with Crippen molar-refractivity contribution in [3.63, 3.8) is 0 Å². The lowest BCUT2D eigenvalue weighted by Crippen LogP contribution is -2.34. The second-order valence-electron chi connectivity index (χ2n) is 5.48. The van der Waals surface area contributed by atoms with Gasteiger partial charge in [-0.3, -0.25) is 14.9 Å². The van der Waals surface area contributed by atoms with Gasteiger partial charge in [-0.1, -0.05) is 12.1 Å². The highest BCUT2D eigenvalue weighted by atomic mass is 127. The number of nitrogens with zero attached hydrogens (tertiary/aromatic N) is 1. The number of thiocarbonyl (C=S) groups is 1. The SMILES string of the molecule is CCN(CC)C(=O)c1cccc(NC(=S)NC(=O)c2cccc(I)c2)c1. The molecule has 0 saturated carbocycles. The number of nitrogens with one attached hydrogen (secondary N) is 2. The van der Waals surface area contributed by atoms with Crippen LogP contribution in [0.25, 0.3) is 0 Å². The number of hydrogen-bond donors (Lipinski definition) is 2. The molecule has 136 valence electrons. The van der Waals surface area contributed by atoms with Crippen molar-refractivity contribution in [3.05, 3.63) is 63.2 Å². The molecule has 0 aliphatic rings. The van der Waals surface area contributed by atoms with E-state index >= 15 is 0 Å². The van der Waals surface area contributed by atoms with Crippen LogP contribution >= 0.6 is 34.8 Å². The molecule has 0 aliphatic heterocycles. The molecule has 0 atom stereocenters. The fourth-order valence-corrected chi connectivity index (χ4v) is 3.14. The summed E-state index contributed by atoms with van der Waals surface area (Å²) < 4.78 is 0.969. The van der Waals surface area contributed by atoms with E-state index in [2.05, 4.69) is 33.2 Å². The Morgan fingerprint density at radius 1 is 1.04 bits per heavy atom. The summed E-state index contributed by atoms with van der Waals surface area (Å²) in [7, 11) is 0. The van der Waals surface area contributed by atoms with Gasteiger partial charge in [0.05, 0.1) is 0 Å². The van der Waals surface area contributed by atoms with Crippen molar-refractivity contribution in [1.29, 1.82) is 0 Å². The summed E-state index contributed by atoms with van der Waals surface area (Å²) in [5, 5.41) is 5.78. The van der Waals surface area contributed by atoms with E-state index in [-0.39, 0.29) is 16.9 Å². The first-order valence-corrected chi connectivity index (χ1v) is 9.70. The van der Waals surface area contributed by atoms with E-state index in [0.29, 0.717) is 29.9 Å². The number of benzene rings is 2. The molecule has 0 saturated heterocycles. The Balaban J connectivity index is 2.04. The maximum absolute atomic E-state index is 12.4. The molecular weight excluding hydrogens is 461 g/mol. The van der Waals surface area contributed by atoms with Crippen molar-refractivity contribution < 1.29 is 9.59 Å². The number of carbonyl (C=O) groups is 2. The van der Waals surface area contributed by atoms with Crippen LogP contribution in [0.4, 0.5) is 5.69 Å². The molecule has 2 N–H and O–H groups in total. The topological polar surface area (TPSA) is 61.4 Å². The fourth-order valence-electron chi connectivity index (χ4n) is 2.39. The van der Waals surface area contributed by atoms with Gasteiger partial charge >= 0.3 is 0 Å². The molecule has 2 amide bonds. The fraction of sp³-hybridized carbons (Fsp3) is 0.211. The van der Waals surface area contributed by atoms with Gasteiger partial charge in [-0.05, 0) is 85.1 Å². The van der Waals surface area contributed by atoms with Gasteiger partial charge in [0.15, 0.2) is 5.11 Å². The van der Waals surface area contributed by atoms with Gasteiger partial charge in [0, 0.05) is 33.5 Å². The molecule has 2 rings (SSSR count). The Kier molecular flexibility index (Phi) is 7.52. The first kappa shape index (κ1) is 20.3. The zero-order chi connectivity index (χ0) is 19.1. The molecule has 0 unspecified atom stereocenters. The molecule has 0 aromatic heterocycles. The summed E-state index contributed by atoms with van der Waals surface area (Å²) in [6.45, 7) is 5.19. The van der Waals surface area contributed by atoms with Crippen LogP contribution in [-0.4, -0.2) is 34.9 Å². The van der Waals surface area contributed by atoms with Gasteiger partial charge in [-0.15, -0.1) is 0 Å². The highest BCUT2D eigenvalue weighted by Gasteiger charge is 2.13. The minimum atomic E-state index is -0.281. The first-order chi connectivity index (χ1) is 12.4. The van der Waals surface area contributed by atoms with E-state index in [1.165, 1.54) is 0 Å². The van der Waals surface area contributed by atoms with Crippen molar-refractivity contribution in [1.82, 2.24) is 10.2 Å². The zero-order valence-corrected chi connectivity index (χ0v) is 17.6. The van der Waals surface area contributed by atoms with Gasteiger partial charge in [0.25, 0.3) is 11.8 Å². The first-order valence-electron chi connectivity index (χ1n) is 8.21. The molecule has 0 heterocycles. The minimum Gasteiger partial charge on any atom is -0.339 e. The van der Waals surface area contributed by atoms with Crippen molar-refractivity contribution in [3.8, 4) is 0 Å². The highest BCUT2D eigenvalue weighted by Crippen LogP contribution is 2.13. The summed E-state index contributed by atoms with van der Waals surface area (Å²) in [6.07, 6.45) is 0. The zero-order valence-electron chi connectivity index (χ0n) is 14.6. The van der Waals surface area contributed by atoms with E-state index < -0.39 is 0 Å². The molecule has 5 nitrogen and oxygen atoms in total. The Morgan fingerprint density at radius 3 is 2.35 bits per heavy atom. The molecule has 26 heavy (non-hydrogen) atoms. The van der Waals surface area contributed by atoms with Crippen LogP contribution in [0.3, 0.4) is 0 Å². The van der Waals surface area contributed by atoms with E-state index in [0.717, 1.165) is 3.57 Å². The highest BCUT2D eigenvalue weighted by molar-refractivity contribution is 14.1. The maximum atomic E-state index is 12.4. The average molecular weight is 481 g/mol. The Labute approximate surface area is 172 Å². The molecule has 0 radical (unpaired) electrons.